The lowest BCUT2D eigenvalue weighted by Gasteiger charge is -2.16. The predicted molar refractivity (Wildman–Crippen MR) is 117 cm³/mol. The third-order valence-electron chi connectivity index (χ3n) is 4.60. The summed E-state index contributed by atoms with van der Waals surface area (Å²) < 4.78 is 27.9. The van der Waals surface area contributed by atoms with E-state index in [1.165, 1.54) is 12.1 Å². The number of anilines is 2. The van der Waals surface area contributed by atoms with E-state index in [2.05, 4.69) is 23.9 Å². The average Bonchev–Trinajstić information content (AvgIpc) is 2.70. The molecule has 0 atom stereocenters. The molecule has 0 aromatic heterocycles. The van der Waals surface area contributed by atoms with E-state index in [4.69, 9.17) is 0 Å². The van der Waals surface area contributed by atoms with Crippen molar-refractivity contribution in [1.82, 2.24) is 0 Å². The number of carbonyl (C=O) groups excluding carboxylic acids is 1. The zero-order valence-electron chi connectivity index (χ0n) is 16.6. The Bertz CT molecular complexity index is 1120. The maximum Gasteiger partial charge on any atom is 0.261 e. The number of benzene rings is 3. The molecule has 0 unspecified atom stereocenters. The first kappa shape index (κ1) is 20.6. The van der Waals surface area contributed by atoms with Gasteiger partial charge in [0.25, 0.3) is 15.9 Å². The molecule has 0 aliphatic carbocycles. The molecule has 29 heavy (non-hydrogen) atoms. The van der Waals surface area contributed by atoms with Crippen molar-refractivity contribution in [3.8, 4) is 0 Å². The summed E-state index contributed by atoms with van der Waals surface area (Å²) in [6.45, 7) is 6.06. The Labute approximate surface area is 171 Å². The van der Waals surface area contributed by atoms with Gasteiger partial charge in [-0.1, -0.05) is 56.3 Å². The molecule has 1 amide bonds. The smallest absolute Gasteiger partial charge is 0.261 e. The molecular weight excluding hydrogens is 384 g/mol. The second-order valence-corrected chi connectivity index (χ2v) is 8.83. The van der Waals surface area contributed by atoms with Gasteiger partial charge in [-0.25, -0.2) is 8.42 Å². The van der Waals surface area contributed by atoms with Crippen molar-refractivity contribution in [1.29, 1.82) is 0 Å². The molecule has 0 spiro atoms. The number of hydrogen-bond donors (Lipinski definition) is 2. The lowest BCUT2D eigenvalue weighted by Crippen LogP contribution is -2.17. The number of rotatable bonds is 6. The molecule has 0 heterocycles. The lowest BCUT2D eigenvalue weighted by atomic mass is 9.98. The van der Waals surface area contributed by atoms with Crippen LogP contribution in [0.1, 0.15) is 41.3 Å². The number of amides is 1. The van der Waals surface area contributed by atoms with E-state index in [9.17, 15) is 13.2 Å². The monoisotopic (exact) mass is 408 g/mol. The summed E-state index contributed by atoms with van der Waals surface area (Å²) in [7, 11) is -3.80. The summed E-state index contributed by atoms with van der Waals surface area (Å²) in [5, 5.41) is 2.95. The van der Waals surface area contributed by atoms with Crippen LogP contribution in [0.4, 0.5) is 11.4 Å². The Balaban J connectivity index is 1.87. The summed E-state index contributed by atoms with van der Waals surface area (Å²) in [6.07, 6.45) is 0. The van der Waals surface area contributed by atoms with Crippen LogP contribution in [0.25, 0.3) is 0 Å². The fourth-order valence-corrected chi connectivity index (χ4v) is 4.16. The average molecular weight is 409 g/mol. The summed E-state index contributed by atoms with van der Waals surface area (Å²) in [4.78, 5) is 12.9. The maximum absolute atomic E-state index is 12.9. The van der Waals surface area contributed by atoms with Crippen LogP contribution < -0.4 is 10.0 Å². The Hall–Kier alpha value is -3.12. The van der Waals surface area contributed by atoms with Crippen molar-refractivity contribution < 1.29 is 13.2 Å². The van der Waals surface area contributed by atoms with Crippen LogP contribution >= 0.6 is 0 Å². The second-order valence-electron chi connectivity index (χ2n) is 7.15. The van der Waals surface area contributed by atoms with Gasteiger partial charge >= 0.3 is 0 Å². The minimum atomic E-state index is -3.80. The van der Waals surface area contributed by atoms with Crippen molar-refractivity contribution >= 4 is 27.3 Å². The molecule has 5 nitrogen and oxygen atoms in total. The molecule has 0 fully saturated rings. The fraction of sp³-hybridized carbons (Fsp3) is 0.174. The van der Waals surface area contributed by atoms with Crippen LogP contribution in [0, 0.1) is 6.92 Å². The fourth-order valence-electron chi connectivity index (χ4n) is 3.05. The van der Waals surface area contributed by atoms with Crippen LogP contribution in [0.2, 0.25) is 0 Å². The lowest BCUT2D eigenvalue weighted by molar-refractivity contribution is 0.102. The van der Waals surface area contributed by atoms with E-state index in [1.807, 2.05) is 25.1 Å². The molecule has 0 aliphatic heterocycles. The molecule has 6 heteroatoms. The summed E-state index contributed by atoms with van der Waals surface area (Å²) in [5.74, 6) is -0.107. The molecule has 2 N–H and O–H groups in total. The van der Waals surface area contributed by atoms with Crippen LogP contribution in [-0.2, 0) is 10.0 Å². The van der Waals surface area contributed by atoms with Gasteiger partial charge in [0.15, 0.2) is 0 Å². The van der Waals surface area contributed by atoms with Gasteiger partial charge in [0.2, 0.25) is 0 Å². The van der Waals surface area contributed by atoms with Gasteiger partial charge in [0.1, 0.15) is 0 Å². The number of hydrogen-bond acceptors (Lipinski definition) is 3. The third kappa shape index (κ3) is 4.84. The Morgan fingerprint density at radius 3 is 2.28 bits per heavy atom. The first-order valence-corrected chi connectivity index (χ1v) is 10.8. The molecule has 3 aromatic carbocycles. The van der Waals surface area contributed by atoms with Gasteiger partial charge in [-0.3, -0.25) is 9.52 Å². The molecule has 150 valence electrons. The second kappa shape index (κ2) is 8.49. The van der Waals surface area contributed by atoms with Crippen molar-refractivity contribution in [2.24, 2.45) is 0 Å². The largest absolute Gasteiger partial charge is 0.321 e. The number of nitrogens with one attached hydrogen (secondary N) is 2. The highest BCUT2D eigenvalue weighted by Gasteiger charge is 2.18. The molecule has 0 aliphatic rings. The molecule has 0 saturated heterocycles. The number of sulfonamides is 1. The van der Waals surface area contributed by atoms with E-state index in [0.29, 0.717) is 5.69 Å². The van der Waals surface area contributed by atoms with Crippen LogP contribution in [0.5, 0.6) is 0 Å². The quantitative estimate of drug-likeness (QED) is 0.591. The van der Waals surface area contributed by atoms with E-state index < -0.39 is 10.0 Å². The standard InChI is InChI=1S/C23H24N2O3S/c1-16(2)21-14-7-9-17(3)22(21)24-23(26)18-10-8-13-20(15-18)29(27,28)25-19-11-5-4-6-12-19/h4-16,25H,1-3H3,(H,24,26). The minimum Gasteiger partial charge on any atom is -0.321 e. The first-order chi connectivity index (χ1) is 13.8. The highest BCUT2D eigenvalue weighted by Crippen LogP contribution is 2.28. The third-order valence-corrected chi connectivity index (χ3v) is 5.98. The van der Waals surface area contributed by atoms with Crippen LogP contribution in [-0.4, -0.2) is 14.3 Å². The number of aryl methyl sites for hydroxylation is 1. The topological polar surface area (TPSA) is 75.3 Å². The molecular formula is C23H24N2O3S. The number of para-hydroxylation sites is 2. The molecule has 0 radical (unpaired) electrons. The van der Waals surface area contributed by atoms with Crippen molar-refractivity contribution in [3.63, 3.8) is 0 Å². The highest BCUT2D eigenvalue weighted by molar-refractivity contribution is 7.92. The van der Waals surface area contributed by atoms with Crippen molar-refractivity contribution in [2.75, 3.05) is 10.0 Å². The number of carbonyl (C=O) groups is 1. The highest BCUT2D eigenvalue weighted by atomic mass is 32.2. The zero-order valence-corrected chi connectivity index (χ0v) is 17.5. The van der Waals surface area contributed by atoms with E-state index in [-0.39, 0.29) is 22.3 Å². The van der Waals surface area contributed by atoms with Gasteiger partial charge < -0.3 is 5.32 Å². The van der Waals surface area contributed by atoms with E-state index in [0.717, 1.165) is 16.8 Å². The van der Waals surface area contributed by atoms with Gasteiger partial charge in [0, 0.05) is 16.9 Å². The normalized spacial score (nSPS) is 11.3. The molecule has 3 rings (SSSR count). The van der Waals surface area contributed by atoms with Crippen molar-refractivity contribution in [3.05, 3.63) is 89.5 Å². The van der Waals surface area contributed by atoms with Gasteiger partial charge in [-0.2, -0.15) is 0 Å². The zero-order chi connectivity index (χ0) is 21.0. The Kier molecular flexibility index (Phi) is 6.03. The van der Waals surface area contributed by atoms with Crippen LogP contribution in [0.3, 0.4) is 0 Å². The summed E-state index contributed by atoms with van der Waals surface area (Å²) in [6, 6.07) is 20.5. The minimum absolute atomic E-state index is 0.0304. The predicted octanol–water partition coefficient (Wildman–Crippen LogP) is 5.17. The molecule has 0 saturated carbocycles. The van der Waals surface area contributed by atoms with Crippen molar-refractivity contribution in [2.45, 2.75) is 31.6 Å². The van der Waals surface area contributed by atoms with E-state index >= 15 is 0 Å². The molecule has 0 bridgehead atoms. The Morgan fingerprint density at radius 2 is 1.59 bits per heavy atom. The van der Waals surface area contributed by atoms with Crippen LogP contribution in [0.15, 0.2) is 77.7 Å². The SMILES string of the molecule is Cc1cccc(C(C)C)c1NC(=O)c1cccc(S(=O)(=O)Nc2ccccc2)c1. The first-order valence-electron chi connectivity index (χ1n) is 9.37. The van der Waals surface area contributed by atoms with Gasteiger partial charge in [-0.05, 0) is 54.3 Å². The van der Waals surface area contributed by atoms with Gasteiger partial charge in [-0.15, -0.1) is 0 Å². The van der Waals surface area contributed by atoms with E-state index in [1.54, 1.807) is 42.5 Å². The summed E-state index contributed by atoms with van der Waals surface area (Å²) in [5.41, 5.74) is 3.50. The van der Waals surface area contributed by atoms with Gasteiger partial charge in [0.05, 0.1) is 4.90 Å². The Morgan fingerprint density at radius 1 is 0.897 bits per heavy atom. The summed E-state index contributed by atoms with van der Waals surface area (Å²) >= 11 is 0. The molecule has 3 aromatic rings. The maximum atomic E-state index is 12.9.